The molecule has 0 amide bonds. The van der Waals surface area contributed by atoms with Crippen LogP contribution in [0.3, 0.4) is 0 Å². The Kier molecular flexibility index (Phi) is 6.39. The molecular weight excluding hydrogens is 250 g/mol. The molecule has 1 aromatic heterocycles. The van der Waals surface area contributed by atoms with E-state index in [0.29, 0.717) is 6.04 Å². The summed E-state index contributed by atoms with van der Waals surface area (Å²) < 4.78 is 0. The van der Waals surface area contributed by atoms with Gasteiger partial charge in [-0.15, -0.1) is 11.3 Å². The minimum Gasteiger partial charge on any atom is -0.323 e. The molecule has 1 atom stereocenters. The van der Waals surface area contributed by atoms with E-state index in [1.807, 2.05) is 11.3 Å². The maximum absolute atomic E-state index is 6.37. The van der Waals surface area contributed by atoms with Gasteiger partial charge in [-0.1, -0.05) is 45.4 Å². The fraction of sp³-hybridized carbons (Fsp3) is 0.765. The normalized spacial score (nSPS) is 16.9. The number of hydrogen-bond donors (Lipinski definition) is 1. The van der Waals surface area contributed by atoms with Crippen LogP contribution in [-0.4, -0.2) is 0 Å². The Morgan fingerprint density at radius 1 is 1.11 bits per heavy atom. The van der Waals surface area contributed by atoms with Crippen molar-refractivity contribution >= 4 is 11.3 Å². The quantitative estimate of drug-likeness (QED) is 0.526. The summed E-state index contributed by atoms with van der Waals surface area (Å²) in [5.74, 6) is 0. The fourth-order valence-corrected chi connectivity index (χ4v) is 4.28. The molecule has 1 aromatic rings. The number of aryl methyl sites for hydroxylation is 2. The predicted octanol–water partition coefficient (Wildman–Crippen LogP) is 5.38. The van der Waals surface area contributed by atoms with Crippen molar-refractivity contribution in [2.75, 3.05) is 0 Å². The Balaban J connectivity index is 1.80. The van der Waals surface area contributed by atoms with E-state index in [2.05, 4.69) is 13.0 Å². The molecule has 0 saturated carbocycles. The van der Waals surface area contributed by atoms with Crippen molar-refractivity contribution in [1.82, 2.24) is 0 Å². The highest BCUT2D eigenvalue weighted by atomic mass is 32.1. The summed E-state index contributed by atoms with van der Waals surface area (Å²) in [7, 11) is 0. The third-order valence-corrected chi connectivity index (χ3v) is 5.62. The van der Waals surface area contributed by atoms with Gasteiger partial charge in [-0.3, -0.25) is 0 Å². The molecule has 0 radical (unpaired) electrons. The minimum absolute atomic E-state index is 0.290. The van der Waals surface area contributed by atoms with Crippen LogP contribution in [0.25, 0.3) is 0 Å². The van der Waals surface area contributed by atoms with Crippen molar-refractivity contribution in [3.05, 3.63) is 21.4 Å². The van der Waals surface area contributed by atoms with Crippen LogP contribution < -0.4 is 5.73 Å². The van der Waals surface area contributed by atoms with E-state index in [0.717, 1.165) is 0 Å². The second kappa shape index (κ2) is 8.06. The molecule has 0 saturated heterocycles. The standard InChI is InChI=1S/C17H29NS/c1-2-3-4-5-8-11-15(18)17-13-14-10-7-6-9-12-16(14)19-17/h13,15H,2-12,18H2,1H3. The van der Waals surface area contributed by atoms with Crippen LogP contribution in [0.4, 0.5) is 0 Å². The summed E-state index contributed by atoms with van der Waals surface area (Å²) in [4.78, 5) is 3.08. The molecule has 1 aliphatic carbocycles. The molecule has 0 aromatic carbocycles. The molecule has 0 bridgehead atoms. The maximum atomic E-state index is 6.37. The van der Waals surface area contributed by atoms with Crippen LogP contribution >= 0.6 is 11.3 Å². The monoisotopic (exact) mass is 279 g/mol. The Morgan fingerprint density at radius 2 is 1.89 bits per heavy atom. The van der Waals surface area contributed by atoms with Crippen molar-refractivity contribution in [2.45, 2.75) is 83.6 Å². The average Bonchev–Trinajstić information content (AvgIpc) is 2.70. The molecule has 19 heavy (non-hydrogen) atoms. The molecule has 0 aliphatic heterocycles. The van der Waals surface area contributed by atoms with Crippen molar-refractivity contribution < 1.29 is 0 Å². The first-order valence-electron chi connectivity index (χ1n) is 8.18. The van der Waals surface area contributed by atoms with Gasteiger partial charge < -0.3 is 5.73 Å². The number of rotatable bonds is 7. The summed E-state index contributed by atoms with van der Waals surface area (Å²) in [5, 5.41) is 0. The summed E-state index contributed by atoms with van der Waals surface area (Å²) in [6, 6.07) is 2.71. The SMILES string of the molecule is CCCCCCCC(N)c1cc2c(s1)CCCCC2. The molecule has 1 unspecified atom stereocenters. The van der Waals surface area contributed by atoms with E-state index in [9.17, 15) is 0 Å². The van der Waals surface area contributed by atoms with Gasteiger partial charge in [-0.05, 0) is 43.7 Å². The molecule has 2 heteroatoms. The zero-order valence-electron chi connectivity index (χ0n) is 12.4. The first-order chi connectivity index (χ1) is 9.31. The van der Waals surface area contributed by atoms with Crippen molar-refractivity contribution in [3.63, 3.8) is 0 Å². The lowest BCUT2D eigenvalue weighted by atomic mass is 10.0. The van der Waals surface area contributed by atoms with Crippen LogP contribution in [0.15, 0.2) is 6.07 Å². The zero-order chi connectivity index (χ0) is 13.5. The second-order valence-electron chi connectivity index (χ2n) is 5.97. The smallest absolute Gasteiger partial charge is 0.0389 e. The number of nitrogens with two attached hydrogens (primary N) is 1. The predicted molar refractivity (Wildman–Crippen MR) is 85.9 cm³/mol. The lowest BCUT2D eigenvalue weighted by Gasteiger charge is -2.09. The van der Waals surface area contributed by atoms with E-state index < -0.39 is 0 Å². The molecule has 108 valence electrons. The molecule has 2 N–H and O–H groups in total. The van der Waals surface area contributed by atoms with E-state index in [4.69, 9.17) is 5.73 Å². The van der Waals surface area contributed by atoms with Gasteiger partial charge in [0.1, 0.15) is 0 Å². The van der Waals surface area contributed by atoms with Gasteiger partial charge in [0, 0.05) is 15.8 Å². The summed E-state index contributed by atoms with van der Waals surface area (Å²) >= 11 is 2.00. The largest absolute Gasteiger partial charge is 0.323 e. The van der Waals surface area contributed by atoms with Gasteiger partial charge in [-0.2, -0.15) is 0 Å². The van der Waals surface area contributed by atoms with E-state index >= 15 is 0 Å². The highest BCUT2D eigenvalue weighted by molar-refractivity contribution is 7.12. The van der Waals surface area contributed by atoms with Crippen LogP contribution in [0.2, 0.25) is 0 Å². The van der Waals surface area contributed by atoms with Crippen LogP contribution in [0, 0.1) is 0 Å². The van der Waals surface area contributed by atoms with Crippen LogP contribution in [-0.2, 0) is 12.8 Å². The maximum Gasteiger partial charge on any atom is 0.0389 e. The fourth-order valence-electron chi connectivity index (χ4n) is 2.98. The topological polar surface area (TPSA) is 26.0 Å². The van der Waals surface area contributed by atoms with E-state index in [-0.39, 0.29) is 0 Å². The number of fused-ring (bicyclic) bond motifs is 1. The van der Waals surface area contributed by atoms with Gasteiger partial charge in [0.05, 0.1) is 0 Å². The van der Waals surface area contributed by atoms with Crippen molar-refractivity contribution in [2.24, 2.45) is 5.73 Å². The van der Waals surface area contributed by atoms with E-state index in [1.54, 1.807) is 10.4 Å². The van der Waals surface area contributed by atoms with Gasteiger partial charge in [0.15, 0.2) is 0 Å². The molecular formula is C17H29NS. The van der Waals surface area contributed by atoms with E-state index in [1.165, 1.54) is 75.5 Å². The number of thiophene rings is 1. The van der Waals surface area contributed by atoms with Crippen molar-refractivity contribution in [1.29, 1.82) is 0 Å². The molecule has 1 nitrogen and oxygen atoms in total. The van der Waals surface area contributed by atoms with Gasteiger partial charge in [0.25, 0.3) is 0 Å². The molecule has 0 fully saturated rings. The first-order valence-corrected chi connectivity index (χ1v) is 9.00. The highest BCUT2D eigenvalue weighted by Crippen LogP contribution is 2.33. The second-order valence-corrected chi connectivity index (χ2v) is 7.14. The third-order valence-electron chi connectivity index (χ3n) is 4.25. The summed E-state index contributed by atoms with van der Waals surface area (Å²) in [5.41, 5.74) is 7.98. The summed E-state index contributed by atoms with van der Waals surface area (Å²) in [6.07, 6.45) is 14.6. The highest BCUT2D eigenvalue weighted by Gasteiger charge is 2.15. The number of unbranched alkanes of at least 4 members (excludes halogenated alkanes) is 4. The Morgan fingerprint density at radius 3 is 2.74 bits per heavy atom. The molecule has 1 aliphatic rings. The average molecular weight is 279 g/mol. The third kappa shape index (κ3) is 4.61. The Bertz CT molecular complexity index is 346. The van der Waals surface area contributed by atoms with Crippen LogP contribution in [0.5, 0.6) is 0 Å². The summed E-state index contributed by atoms with van der Waals surface area (Å²) in [6.45, 7) is 2.27. The lowest BCUT2D eigenvalue weighted by molar-refractivity contribution is 0.559. The van der Waals surface area contributed by atoms with Gasteiger partial charge in [0.2, 0.25) is 0 Å². The van der Waals surface area contributed by atoms with Crippen molar-refractivity contribution in [3.8, 4) is 0 Å². The molecule has 0 spiro atoms. The van der Waals surface area contributed by atoms with Gasteiger partial charge >= 0.3 is 0 Å². The lowest BCUT2D eigenvalue weighted by Crippen LogP contribution is -2.08. The van der Waals surface area contributed by atoms with Gasteiger partial charge in [-0.25, -0.2) is 0 Å². The zero-order valence-corrected chi connectivity index (χ0v) is 13.2. The number of hydrogen-bond acceptors (Lipinski definition) is 2. The minimum atomic E-state index is 0.290. The van der Waals surface area contributed by atoms with Crippen LogP contribution in [0.1, 0.15) is 86.1 Å². The molecule has 2 rings (SSSR count). The Hall–Kier alpha value is -0.340. The Labute approximate surface area is 122 Å². The first kappa shape index (κ1) is 15.1. The molecule has 1 heterocycles.